The minimum atomic E-state index is 0.122. The second-order valence-corrected chi connectivity index (χ2v) is 3.92. The Balaban J connectivity index is 1.99. The summed E-state index contributed by atoms with van der Waals surface area (Å²) in [4.78, 5) is 15.5. The van der Waals surface area contributed by atoms with Gasteiger partial charge in [0.2, 0.25) is 5.91 Å². The Morgan fingerprint density at radius 3 is 2.88 bits per heavy atom. The van der Waals surface area contributed by atoms with Gasteiger partial charge in [0.15, 0.2) is 0 Å². The van der Waals surface area contributed by atoms with Crippen LogP contribution in [0.1, 0.15) is 25.5 Å². The normalized spacial score (nSPS) is 10.2. The Hall–Kier alpha value is -1.42. The third-order valence-corrected chi connectivity index (χ3v) is 2.39. The van der Waals surface area contributed by atoms with E-state index >= 15 is 0 Å². The molecule has 0 spiro atoms. The van der Waals surface area contributed by atoms with Crippen LogP contribution in [0.4, 0.5) is 0 Å². The lowest BCUT2D eigenvalue weighted by atomic mass is 10.2. The molecule has 0 unspecified atom stereocenters. The van der Waals surface area contributed by atoms with Gasteiger partial charge in [-0.05, 0) is 18.6 Å². The summed E-state index contributed by atoms with van der Waals surface area (Å²) in [6.45, 7) is 4.40. The third kappa shape index (κ3) is 6.68. The van der Waals surface area contributed by atoms with Crippen molar-refractivity contribution in [3.8, 4) is 0 Å². The van der Waals surface area contributed by atoms with Gasteiger partial charge in [0.25, 0.3) is 0 Å². The molecule has 0 aliphatic carbocycles. The molecular weight excluding hydrogens is 214 g/mol. The predicted molar refractivity (Wildman–Crippen MR) is 68.7 cm³/mol. The summed E-state index contributed by atoms with van der Waals surface area (Å²) in [6, 6.07) is 5.91. The lowest BCUT2D eigenvalue weighted by Crippen LogP contribution is -2.28. The van der Waals surface area contributed by atoms with Crippen molar-refractivity contribution in [2.75, 3.05) is 19.6 Å². The first-order valence-electron chi connectivity index (χ1n) is 6.20. The van der Waals surface area contributed by atoms with Gasteiger partial charge in [-0.25, -0.2) is 0 Å². The lowest BCUT2D eigenvalue weighted by molar-refractivity contribution is -0.120. The standard InChI is InChI=1S/C13H21N3O/c1-2-8-16-13(17)7-11-14-10-6-12-5-3-4-9-15-12/h3-5,9,14H,2,6-8,10-11H2,1H3,(H,16,17). The molecule has 0 aromatic carbocycles. The van der Waals surface area contributed by atoms with Crippen LogP contribution in [-0.4, -0.2) is 30.5 Å². The Morgan fingerprint density at radius 2 is 2.18 bits per heavy atom. The fourth-order valence-corrected chi connectivity index (χ4v) is 1.44. The van der Waals surface area contributed by atoms with Crippen molar-refractivity contribution < 1.29 is 4.79 Å². The molecule has 1 heterocycles. The Labute approximate surface area is 103 Å². The maximum Gasteiger partial charge on any atom is 0.221 e. The molecule has 0 radical (unpaired) electrons. The largest absolute Gasteiger partial charge is 0.356 e. The highest BCUT2D eigenvalue weighted by atomic mass is 16.1. The van der Waals surface area contributed by atoms with Crippen LogP contribution in [0.25, 0.3) is 0 Å². The molecular formula is C13H21N3O. The van der Waals surface area contributed by atoms with Crippen molar-refractivity contribution >= 4 is 5.91 Å². The molecule has 0 bridgehead atoms. The van der Waals surface area contributed by atoms with E-state index < -0.39 is 0 Å². The molecule has 94 valence electrons. The molecule has 0 saturated carbocycles. The van der Waals surface area contributed by atoms with E-state index in [0.29, 0.717) is 6.42 Å². The number of nitrogens with one attached hydrogen (secondary N) is 2. The third-order valence-electron chi connectivity index (χ3n) is 2.39. The van der Waals surface area contributed by atoms with Crippen LogP contribution in [0, 0.1) is 0 Å². The van der Waals surface area contributed by atoms with Crippen LogP contribution in [0.15, 0.2) is 24.4 Å². The van der Waals surface area contributed by atoms with Gasteiger partial charge in [-0.3, -0.25) is 9.78 Å². The number of hydrogen-bond donors (Lipinski definition) is 2. The first-order chi connectivity index (χ1) is 8.33. The van der Waals surface area contributed by atoms with E-state index in [1.54, 1.807) is 6.20 Å². The number of pyridine rings is 1. The highest BCUT2D eigenvalue weighted by molar-refractivity contribution is 5.75. The summed E-state index contributed by atoms with van der Waals surface area (Å²) in [6.07, 6.45) is 4.23. The lowest BCUT2D eigenvalue weighted by Gasteiger charge is -2.05. The monoisotopic (exact) mass is 235 g/mol. The van der Waals surface area contributed by atoms with Gasteiger partial charge in [-0.15, -0.1) is 0 Å². The van der Waals surface area contributed by atoms with Crippen LogP contribution in [0.5, 0.6) is 0 Å². The van der Waals surface area contributed by atoms with E-state index in [-0.39, 0.29) is 5.91 Å². The SMILES string of the molecule is CCCNC(=O)CCNCCc1ccccn1. The summed E-state index contributed by atoms with van der Waals surface area (Å²) < 4.78 is 0. The first-order valence-corrected chi connectivity index (χ1v) is 6.20. The summed E-state index contributed by atoms with van der Waals surface area (Å²) >= 11 is 0. The van der Waals surface area contributed by atoms with Crippen molar-refractivity contribution in [1.82, 2.24) is 15.6 Å². The quantitative estimate of drug-likeness (QED) is 0.664. The van der Waals surface area contributed by atoms with Gasteiger partial charge in [0, 0.05) is 44.4 Å². The van der Waals surface area contributed by atoms with Gasteiger partial charge in [0.05, 0.1) is 0 Å². The average Bonchev–Trinajstić information content (AvgIpc) is 2.37. The minimum Gasteiger partial charge on any atom is -0.356 e. The summed E-state index contributed by atoms with van der Waals surface area (Å²) in [7, 11) is 0. The molecule has 1 amide bonds. The molecule has 1 rings (SSSR count). The fraction of sp³-hybridized carbons (Fsp3) is 0.538. The zero-order valence-electron chi connectivity index (χ0n) is 10.4. The molecule has 1 aromatic heterocycles. The van der Waals surface area contributed by atoms with Crippen molar-refractivity contribution in [1.29, 1.82) is 0 Å². The van der Waals surface area contributed by atoms with Crippen LogP contribution >= 0.6 is 0 Å². The number of aromatic nitrogens is 1. The van der Waals surface area contributed by atoms with E-state index in [1.165, 1.54) is 0 Å². The second kappa shape index (κ2) is 8.70. The Morgan fingerprint density at radius 1 is 1.29 bits per heavy atom. The molecule has 2 N–H and O–H groups in total. The van der Waals surface area contributed by atoms with Crippen molar-refractivity contribution in [3.05, 3.63) is 30.1 Å². The van der Waals surface area contributed by atoms with E-state index in [4.69, 9.17) is 0 Å². The molecule has 4 nitrogen and oxygen atoms in total. The average molecular weight is 235 g/mol. The summed E-state index contributed by atoms with van der Waals surface area (Å²) in [5, 5.41) is 6.09. The highest BCUT2D eigenvalue weighted by Gasteiger charge is 1.99. The first kappa shape index (κ1) is 13.6. The van der Waals surface area contributed by atoms with E-state index in [1.807, 2.05) is 25.1 Å². The number of rotatable bonds is 8. The van der Waals surface area contributed by atoms with E-state index in [9.17, 15) is 4.79 Å². The smallest absolute Gasteiger partial charge is 0.221 e. The number of nitrogens with zero attached hydrogens (tertiary/aromatic N) is 1. The molecule has 0 aliphatic heterocycles. The zero-order valence-corrected chi connectivity index (χ0v) is 10.4. The molecule has 4 heteroatoms. The maximum absolute atomic E-state index is 11.3. The predicted octanol–water partition coefficient (Wildman–Crippen LogP) is 1.13. The number of hydrogen-bond acceptors (Lipinski definition) is 3. The molecule has 17 heavy (non-hydrogen) atoms. The van der Waals surface area contributed by atoms with Gasteiger partial charge in [-0.2, -0.15) is 0 Å². The van der Waals surface area contributed by atoms with E-state index in [0.717, 1.165) is 38.2 Å². The number of carbonyl (C=O) groups excluding carboxylic acids is 1. The van der Waals surface area contributed by atoms with Gasteiger partial charge >= 0.3 is 0 Å². The van der Waals surface area contributed by atoms with Crippen molar-refractivity contribution in [2.24, 2.45) is 0 Å². The molecule has 0 fully saturated rings. The minimum absolute atomic E-state index is 0.122. The van der Waals surface area contributed by atoms with E-state index in [2.05, 4.69) is 15.6 Å². The summed E-state index contributed by atoms with van der Waals surface area (Å²) in [5.74, 6) is 0.122. The topological polar surface area (TPSA) is 54.0 Å². The van der Waals surface area contributed by atoms with Crippen molar-refractivity contribution in [3.63, 3.8) is 0 Å². The van der Waals surface area contributed by atoms with Crippen LogP contribution in [0.2, 0.25) is 0 Å². The second-order valence-electron chi connectivity index (χ2n) is 3.92. The van der Waals surface area contributed by atoms with Gasteiger partial charge in [0.1, 0.15) is 0 Å². The van der Waals surface area contributed by atoms with Crippen LogP contribution < -0.4 is 10.6 Å². The summed E-state index contributed by atoms with van der Waals surface area (Å²) in [5.41, 5.74) is 1.08. The maximum atomic E-state index is 11.3. The van der Waals surface area contributed by atoms with Gasteiger partial charge in [-0.1, -0.05) is 13.0 Å². The van der Waals surface area contributed by atoms with Crippen molar-refractivity contribution in [2.45, 2.75) is 26.2 Å². The molecule has 0 atom stereocenters. The van der Waals surface area contributed by atoms with Crippen LogP contribution in [0.3, 0.4) is 0 Å². The zero-order chi connectivity index (χ0) is 12.3. The Bertz CT molecular complexity index is 314. The highest BCUT2D eigenvalue weighted by Crippen LogP contribution is 1.92. The van der Waals surface area contributed by atoms with Gasteiger partial charge < -0.3 is 10.6 Å². The molecule has 0 saturated heterocycles. The fourth-order valence-electron chi connectivity index (χ4n) is 1.44. The number of amides is 1. The molecule has 1 aromatic rings. The molecule has 0 aliphatic rings. The number of carbonyl (C=O) groups is 1. The Kier molecular flexibility index (Phi) is 6.98. The van der Waals surface area contributed by atoms with Crippen LogP contribution in [-0.2, 0) is 11.2 Å².